The molecule has 6 aromatic carbocycles. The van der Waals surface area contributed by atoms with E-state index in [0.29, 0.717) is 131 Å². The number of aromatic nitrogens is 27. The number of tetrazole rings is 1. The van der Waals surface area contributed by atoms with Crippen LogP contribution in [0.2, 0.25) is 30.1 Å². The molecule has 24 aromatic rings. The van der Waals surface area contributed by atoms with Crippen LogP contribution in [0.5, 0.6) is 0 Å². The summed E-state index contributed by atoms with van der Waals surface area (Å²) in [6, 6.07) is 31.7. The second-order valence-corrected chi connectivity index (χ2v) is 30.5. The predicted molar refractivity (Wildman–Crippen MR) is 481 cm³/mol. The van der Waals surface area contributed by atoms with Crippen molar-refractivity contribution >= 4 is 136 Å². The first kappa shape index (κ1) is 85.9. The lowest BCUT2D eigenvalue weighted by Crippen LogP contribution is -2.04. The zero-order valence-electron chi connectivity index (χ0n) is 67.1. The molecule has 0 saturated heterocycles. The Labute approximate surface area is 768 Å². The van der Waals surface area contributed by atoms with E-state index in [0.717, 1.165) is 100 Å². The Kier molecular flexibility index (Phi) is 24.1. The summed E-state index contributed by atoms with van der Waals surface area (Å²) in [5.74, 6) is -3.03. The third-order valence-electron chi connectivity index (χ3n) is 20.5. The molecule has 0 bridgehead atoms. The van der Waals surface area contributed by atoms with Gasteiger partial charge in [-0.3, -0.25) is 4.98 Å². The number of aromatic amines is 6. The number of hydrogen-bond acceptors (Lipinski definition) is 25. The highest BCUT2D eigenvalue weighted by atomic mass is 35.5. The molecule has 654 valence electrons. The summed E-state index contributed by atoms with van der Waals surface area (Å²) in [4.78, 5) is 51.0. The number of nitrogens with one attached hydrogen (secondary N) is 6. The van der Waals surface area contributed by atoms with Crippen LogP contribution in [0, 0.1) is 41.8 Å². The molecule has 18 heterocycles. The van der Waals surface area contributed by atoms with Gasteiger partial charge in [-0.2, -0.15) is 14.9 Å². The highest BCUT2D eigenvalue weighted by Crippen LogP contribution is 2.47. The third-order valence-corrected chi connectivity index (χ3v) is 23.0. The van der Waals surface area contributed by atoms with Gasteiger partial charge in [0.2, 0.25) is 0 Å². The molecule has 0 unspecified atom stereocenters. The van der Waals surface area contributed by atoms with Crippen LogP contribution in [0.25, 0.3) is 196 Å². The SMILES string of the molecule is Cc1noc(-c2c[nH]c3nccnc23)c1-c1cccc(Cl)c1Cl.Clc1cccc(-c2cnoc2-c2c[nH]c3ncncc23)c1Cl.Clc1cccc(-c2cnoc2-c2c[nH]c3nnccc23)c1Cl.Fc1cccc(-c2cnoc2-c2c[nH]c3ncncc23)c1F.Fc1cccc(-c2cnoc2-c2c[nH]c3nnccc23)c1F.Fc1cccc(-n2nnnc2-c2c[nH]c3ncncc23)c1F. The van der Waals surface area contributed by atoms with Crippen LogP contribution in [-0.2, 0) is 0 Å². The molecule has 0 aliphatic rings. The molecule has 32 nitrogen and oxygen atoms in total. The average Bonchev–Trinajstić information content (AvgIpc) is 1.53. The predicted octanol–water partition coefficient (Wildman–Crippen LogP) is 23.1. The van der Waals surface area contributed by atoms with E-state index in [1.807, 2.05) is 61.8 Å². The van der Waals surface area contributed by atoms with Crippen LogP contribution < -0.4 is 0 Å². The fourth-order valence-corrected chi connectivity index (χ4v) is 15.6. The minimum atomic E-state index is -1.02. The molecular formula is C89H49Cl6F6N27O5. The largest absolute Gasteiger partial charge is 0.356 e. The van der Waals surface area contributed by atoms with Crippen LogP contribution in [0.15, 0.2) is 268 Å². The Morgan fingerprint density at radius 1 is 0.316 bits per heavy atom. The second kappa shape index (κ2) is 37.3. The molecule has 0 saturated carbocycles. The van der Waals surface area contributed by atoms with Crippen molar-refractivity contribution in [2.24, 2.45) is 0 Å². The summed E-state index contributed by atoms with van der Waals surface area (Å²) >= 11 is 37.3. The van der Waals surface area contributed by atoms with Gasteiger partial charge in [0.15, 0.2) is 86.5 Å². The standard InChI is InChI=1S/C16H10Cl2N4O.2C15H8Cl2N4O.2C15H8F2N4O.C13H7F2N7/c1-8-12(9-3-2-4-11(17)13(9)18)15(23-22-8)10-7-21-16-14(10)19-5-6-20-16;16-12-3-1-2-8(13(12)17)10-6-21-22-14(10)9-5-19-15-11(9)4-18-7-20-15;16-12-3-1-2-8(13(12)17)11-7-20-22-14(11)10-6-18-15-9(10)4-5-19-21-15;16-12-3-1-2-8(13(12)17)10-6-21-22-14(10)9-5-19-15-11(9)4-18-7-20-15;16-12-3-1-2-8(13(12)17)11-7-20-22-14(11)10-6-18-15-9(10)4-5-19-21-15;14-9-2-1-3-10(11(9)15)22-13(19-20-21-22)8-5-17-12-7(8)4-16-6-18-12/h2-7H,1H3,(H,20,21);1-7H,(H,18,19,20);1-7H,(H,18,21);1-7H,(H,18,19,20);1-7H,(H,18,21);1-6H,(H,16,17,18). The molecule has 0 amide bonds. The summed E-state index contributed by atoms with van der Waals surface area (Å²) in [6.07, 6.45) is 32.0. The topological polar surface area (TPSA) is 423 Å². The Bertz CT molecular complexity index is 7480. The first-order chi connectivity index (χ1) is 64.9. The molecule has 0 aliphatic carbocycles. The molecule has 0 radical (unpaired) electrons. The van der Waals surface area contributed by atoms with Crippen molar-refractivity contribution in [1.82, 2.24) is 136 Å². The maximum atomic E-state index is 14.0. The van der Waals surface area contributed by atoms with Crippen molar-refractivity contribution in [3.8, 4) is 129 Å². The minimum absolute atomic E-state index is 0.0776. The van der Waals surface area contributed by atoms with Crippen molar-refractivity contribution < 1.29 is 49.0 Å². The Balaban J connectivity index is 0.000000103. The number of hydrogen-bond donors (Lipinski definition) is 6. The number of nitrogens with zero attached hydrogens (tertiary/aromatic N) is 21. The first-order valence-corrected chi connectivity index (χ1v) is 41.1. The van der Waals surface area contributed by atoms with Gasteiger partial charge in [0.05, 0.1) is 106 Å². The summed E-state index contributed by atoms with van der Waals surface area (Å²) in [5, 5.41) is 52.8. The van der Waals surface area contributed by atoms with E-state index >= 15 is 0 Å². The highest BCUT2D eigenvalue weighted by molar-refractivity contribution is 6.45. The Morgan fingerprint density at radius 2 is 0.699 bits per heavy atom. The molecule has 44 heteroatoms. The van der Waals surface area contributed by atoms with E-state index in [2.05, 4.69) is 131 Å². The first-order valence-electron chi connectivity index (χ1n) is 38.8. The van der Waals surface area contributed by atoms with Gasteiger partial charge < -0.3 is 52.5 Å². The van der Waals surface area contributed by atoms with Crippen LogP contribution in [0.1, 0.15) is 5.69 Å². The van der Waals surface area contributed by atoms with Gasteiger partial charge >= 0.3 is 0 Å². The van der Waals surface area contributed by atoms with Crippen LogP contribution >= 0.6 is 69.6 Å². The van der Waals surface area contributed by atoms with E-state index < -0.39 is 34.9 Å². The number of fused-ring (bicyclic) bond motifs is 6. The van der Waals surface area contributed by atoms with E-state index in [4.69, 9.17) is 92.2 Å². The molecular weight excluding hydrogens is 1850 g/mol. The quantitative estimate of drug-likeness (QED) is 0.0619. The summed E-state index contributed by atoms with van der Waals surface area (Å²) < 4.78 is 110. The lowest BCUT2D eigenvalue weighted by atomic mass is 10.0. The van der Waals surface area contributed by atoms with Crippen molar-refractivity contribution in [3.05, 3.63) is 316 Å². The number of halogens is 12. The molecule has 6 N–H and O–H groups in total. The molecule has 133 heavy (non-hydrogen) atoms. The van der Waals surface area contributed by atoms with E-state index in [9.17, 15) is 26.3 Å². The minimum Gasteiger partial charge on any atom is -0.356 e. The average molecular weight is 1900 g/mol. The fourth-order valence-electron chi connectivity index (χ4n) is 14.4. The fraction of sp³-hybridized carbons (Fsp3) is 0.0112. The third kappa shape index (κ3) is 16.7. The molecule has 18 aromatic heterocycles. The van der Waals surface area contributed by atoms with E-state index in [1.54, 1.807) is 105 Å². The zero-order valence-corrected chi connectivity index (χ0v) is 71.6. The number of benzene rings is 6. The molecule has 0 aliphatic heterocycles. The smallest absolute Gasteiger partial charge is 0.189 e. The van der Waals surface area contributed by atoms with Crippen molar-refractivity contribution in [2.45, 2.75) is 6.92 Å². The van der Waals surface area contributed by atoms with Gasteiger partial charge in [0.25, 0.3) is 0 Å². The zero-order chi connectivity index (χ0) is 91.5. The summed E-state index contributed by atoms with van der Waals surface area (Å²) in [5.41, 5.74) is 15.1. The van der Waals surface area contributed by atoms with Crippen LogP contribution in [-0.4, -0.2) is 136 Å². The van der Waals surface area contributed by atoms with E-state index in [1.165, 1.54) is 67.8 Å². The summed E-state index contributed by atoms with van der Waals surface area (Å²) in [7, 11) is 0. The van der Waals surface area contributed by atoms with Gasteiger partial charge in [0, 0.05) is 151 Å². The summed E-state index contributed by atoms with van der Waals surface area (Å²) in [6.45, 7) is 1.86. The maximum absolute atomic E-state index is 14.0. The van der Waals surface area contributed by atoms with Crippen molar-refractivity contribution in [2.75, 3.05) is 0 Å². The second-order valence-electron chi connectivity index (χ2n) is 28.2. The molecule has 0 fully saturated rings. The van der Waals surface area contributed by atoms with Gasteiger partial charge in [-0.15, -0.1) is 15.3 Å². The molecule has 0 spiro atoms. The van der Waals surface area contributed by atoms with Gasteiger partial charge in [0.1, 0.15) is 47.1 Å². The van der Waals surface area contributed by atoms with E-state index in [-0.39, 0.29) is 22.6 Å². The maximum Gasteiger partial charge on any atom is 0.189 e. The van der Waals surface area contributed by atoms with Gasteiger partial charge in [-0.25, -0.2) is 61.2 Å². The van der Waals surface area contributed by atoms with Crippen LogP contribution in [0.4, 0.5) is 26.3 Å². The van der Waals surface area contributed by atoms with Crippen molar-refractivity contribution in [3.63, 3.8) is 0 Å². The molecule has 24 rings (SSSR count). The van der Waals surface area contributed by atoms with Gasteiger partial charge in [-0.1, -0.05) is 162 Å². The Morgan fingerprint density at radius 3 is 1.19 bits per heavy atom. The van der Waals surface area contributed by atoms with Gasteiger partial charge in [-0.05, 0) is 71.9 Å². The Hall–Kier alpha value is -16.5. The number of rotatable bonds is 12. The highest BCUT2D eigenvalue weighted by Gasteiger charge is 2.29. The molecule has 0 atom stereocenters. The number of H-pyrrole nitrogens is 6. The van der Waals surface area contributed by atoms with Crippen LogP contribution in [0.3, 0.4) is 0 Å². The lowest BCUT2D eigenvalue weighted by Gasteiger charge is -2.06. The normalized spacial score (nSPS) is 11.2. The number of aryl methyl sites for hydroxylation is 1. The lowest BCUT2D eigenvalue weighted by molar-refractivity contribution is 0.427. The monoisotopic (exact) mass is 1900 g/mol. The van der Waals surface area contributed by atoms with Crippen molar-refractivity contribution in [1.29, 1.82) is 0 Å².